The van der Waals surface area contributed by atoms with Crippen LogP contribution in [0, 0.1) is 6.92 Å². The molecule has 2 aromatic carbocycles. The van der Waals surface area contributed by atoms with Gasteiger partial charge in [0, 0.05) is 18.8 Å². The Kier molecular flexibility index (Phi) is 9.78. The van der Waals surface area contributed by atoms with Crippen molar-refractivity contribution in [3.8, 4) is 0 Å². The minimum absolute atomic E-state index is 0.00550. The zero-order valence-electron chi connectivity index (χ0n) is 17.7. The second-order valence-electron chi connectivity index (χ2n) is 7.20. The van der Waals surface area contributed by atoms with Crippen molar-refractivity contribution in [2.24, 2.45) is 0 Å². The molecule has 0 aliphatic heterocycles. The van der Waals surface area contributed by atoms with E-state index in [0.29, 0.717) is 25.3 Å². The summed E-state index contributed by atoms with van der Waals surface area (Å²) >= 11 is 1.59. The quantitative estimate of drug-likeness (QED) is 0.588. The Labute approximate surface area is 179 Å². The maximum Gasteiger partial charge on any atom is 0.242 e. The van der Waals surface area contributed by atoms with Crippen molar-refractivity contribution in [1.29, 1.82) is 0 Å². The third-order valence-corrected chi connectivity index (χ3v) is 5.70. The van der Waals surface area contributed by atoms with Crippen LogP contribution in [0.4, 0.5) is 0 Å². The van der Waals surface area contributed by atoms with E-state index in [1.54, 1.807) is 16.7 Å². The van der Waals surface area contributed by atoms with E-state index in [0.717, 1.165) is 23.3 Å². The molecule has 0 bridgehead atoms. The molecule has 5 heteroatoms. The van der Waals surface area contributed by atoms with Gasteiger partial charge in [0.05, 0.1) is 5.75 Å². The Balaban J connectivity index is 2.10. The van der Waals surface area contributed by atoms with E-state index >= 15 is 0 Å². The molecule has 0 aromatic heterocycles. The Bertz CT molecular complexity index is 779. The van der Waals surface area contributed by atoms with Crippen LogP contribution in [-0.4, -0.2) is 35.1 Å². The molecule has 0 radical (unpaired) electrons. The van der Waals surface area contributed by atoms with Crippen molar-refractivity contribution in [1.82, 2.24) is 10.2 Å². The monoisotopic (exact) mass is 412 g/mol. The predicted molar refractivity (Wildman–Crippen MR) is 122 cm³/mol. The van der Waals surface area contributed by atoms with Gasteiger partial charge >= 0.3 is 0 Å². The first-order valence-electron chi connectivity index (χ1n) is 10.3. The lowest BCUT2D eigenvalue weighted by atomic mass is 10.1. The zero-order valence-corrected chi connectivity index (χ0v) is 18.5. The predicted octanol–water partition coefficient (Wildman–Crippen LogP) is 4.56. The largest absolute Gasteiger partial charge is 0.354 e. The number of nitrogens with zero attached hydrogens (tertiary/aromatic N) is 1. The molecule has 156 valence electrons. The van der Waals surface area contributed by atoms with Crippen molar-refractivity contribution in [3.05, 3.63) is 71.3 Å². The molecule has 1 N–H and O–H groups in total. The molecule has 2 rings (SSSR count). The summed E-state index contributed by atoms with van der Waals surface area (Å²) in [7, 11) is 0. The highest BCUT2D eigenvalue weighted by Gasteiger charge is 2.28. The number of hydrogen-bond donors (Lipinski definition) is 1. The molecule has 2 aromatic rings. The summed E-state index contributed by atoms with van der Waals surface area (Å²) in [5.41, 5.74) is 3.40. The summed E-state index contributed by atoms with van der Waals surface area (Å²) in [5.74, 6) is 1.08. The number of hydrogen-bond acceptors (Lipinski definition) is 3. The average Bonchev–Trinajstić information content (AvgIpc) is 2.72. The van der Waals surface area contributed by atoms with Crippen LogP contribution in [0.15, 0.2) is 54.6 Å². The molecule has 0 aliphatic carbocycles. The number of rotatable bonds is 11. The van der Waals surface area contributed by atoms with Crippen LogP contribution in [0.25, 0.3) is 0 Å². The smallest absolute Gasteiger partial charge is 0.242 e. The molecule has 4 nitrogen and oxygen atoms in total. The second-order valence-corrected chi connectivity index (χ2v) is 8.19. The number of aryl methyl sites for hydroxylation is 1. The third kappa shape index (κ3) is 7.58. The van der Waals surface area contributed by atoms with Gasteiger partial charge in [0.25, 0.3) is 0 Å². The summed E-state index contributed by atoms with van der Waals surface area (Å²) in [5, 5.41) is 2.96. The fraction of sp³-hybridized carbons (Fsp3) is 0.417. The minimum atomic E-state index is -0.452. The molecule has 1 atom stereocenters. The average molecular weight is 413 g/mol. The van der Waals surface area contributed by atoms with E-state index in [2.05, 4.69) is 23.5 Å². The first-order chi connectivity index (χ1) is 14.0. The van der Waals surface area contributed by atoms with Crippen LogP contribution in [0.2, 0.25) is 0 Å². The van der Waals surface area contributed by atoms with Crippen LogP contribution in [-0.2, 0) is 21.9 Å². The molecule has 0 heterocycles. The normalized spacial score (nSPS) is 11.7. The second kappa shape index (κ2) is 12.3. The van der Waals surface area contributed by atoms with Gasteiger partial charge in [-0.3, -0.25) is 9.59 Å². The summed E-state index contributed by atoms with van der Waals surface area (Å²) in [6, 6.07) is 17.8. The lowest BCUT2D eigenvalue weighted by molar-refractivity contribution is -0.139. The number of benzene rings is 2. The van der Waals surface area contributed by atoms with E-state index in [1.807, 2.05) is 57.2 Å². The Morgan fingerprint density at radius 2 is 1.76 bits per heavy atom. The summed E-state index contributed by atoms with van der Waals surface area (Å²) < 4.78 is 0. The maximum atomic E-state index is 13.1. The molecule has 0 aliphatic rings. The highest BCUT2D eigenvalue weighted by molar-refractivity contribution is 7.99. The fourth-order valence-electron chi connectivity index (χ4n) is 3.21. The summed E-state index contributed by atoms with van der Waals surface area (Å²) in [6.07, 6.45) is 1.47. The highest BCUT2D eigenvalue weighted by atomic mass is 32.2. The van der Waals surface area contributed by atoms with Crippen molar-refractivity contribution in [3.63, 3.8) is 0 Å². The number of nitrogens with one attached hydrogen (secondary N) is 1. The van der Waals surface area contributed by atoms with Crippen LogP contribution in [0.1, 0.15) is 43.4 Å². The molecular weight excluding hydrogens is 380 g/mol. The van der Waals surface area contributed by atoms with Gasteiger partial charge in [-0.05, 0) is 30.9 Å². The van der Waals surface area contributed by atoms with Crippen LogP contribution in [0.3, 0.4) is 0 Å². The number of thioether (sulfide) groups is 1. The molecule has 0 saturated heterocycles. The standard InChI is InChI=1S/C24H32N2O2S/c1-4-14-25-24(28)22(5-2)26(16-21-13-9-10-19(3)15-21)23(27)18-29-17-20-11-7-6-8-12-20/h6-13,15,22H,4-5,14,16-18H2,1-3H3,(H,25,28)/t22-/m0/s1. The van der Waals surface area contributed by atoms with Gasteiger partial charge in [-0.1, -0.05) is 74.0 Å². The van der Waals surface area contributed by atoms with Crippen molar-refractivity contribution >= 4 is 23.6 Å². The lowest BCUT2D eigenvalue weighted by Crippen LogP contribution is -2.49. The first kappa shape index (κ1) is 23.0. The molecule has 2 amide bonds. The molecule has 0 unspecified atom stereocenters. The van der Waals surface area contributed by atoms with Crippen LogP contribution in [0.5, 0.6) is 0 Å². The number of carbonyl (C=O) groups excluding carboxylic acids is 2. The zero-order chi connectivity index (χ0) is 21.1. The topological polar surface area (TPSA) is 49.4 Å². The Morgan fingerprint density at radius 3 is 2.41 bits per heavy atom. The Hall–Kier alpha value is -2.27. The third-order valence-electron chi connectivity index (χ3n) is 4.71. The van der Waals surface area contributed by atoms with E-state index in [9.17, 15) is 9.59 Å². The SMILES string of the molecule is CCCNC(=O)[C@H](CC)N(Cc1cccc(C)c1)C(=O)CSCc1ccccc1. The van der Waals surface area contributed by atoms with E-state index < -0.39 is 6.04 Å². The van der Waals surface area contributed by atoms with Gasteiger partial charge in [0.1, 0.15) is 6.04 Å². The van der Waals surface area contributed by atoms with E-state index in [1.165, 1.54) is 5.56 Å². The van der Waals surface area contributed by atoms with Gasteiger partial charge < -0.3 is 10.2 Å². The van der Waals surface area contributed by atoms with Crippen LogP contribution >= 0.6 is 11.8 Å². The molecular formula is C24H32N2O2S. The minimum Gasteiger partial charge on any atom is -0.354 e. The van der Waals surface area contributed by atoms with Crippen molar-refractivity contribution in [2.45, 2.75) is 52.0 Å². The fourth-order valence-corrected chi connectivity index (χ4v) is 4.08. The van der Waals surface area contributed by atoms with Gasteiger partial charge in [0.15, 0.2) is 0 Å². The number of carbonyl (C=O) groups is 2. The van der Waals surface area contributed by atoms with Gasteiger partial charge in [-0.25, -0.2) is 0 Å². The van der Waals surface area contributed by atoms with Gasteiger partial charge in [-0.2, -0.15) is 0 Å². The van der Waals surface area contributed by atoms with Crippen molar-refractivity contribution < 1.29 is 9.59 Å². The lowest BCUT2D eigenvalue weighted by Gasteiger charge is -2.30. The van der Waals surface area contributed by atoms with Crippen LogP contribution < -0.4 is 5.32 Å². The summed E-state index contributed by atoms with van der Waals surface area (Å²) in [6.45, 7) is 7.10. The Morgan fingerprint density at radius 1 is 1.03 bits per heavy atom. The highest BCUT2D eigenvalue weighted by Crippen LogP contribution is 2.17. The van der Waals surface area contributed by atoms with Gasteiger partial charge in [0.2, 0.25) is 11.8 Å². The first-order valence-corrected chi connectivity index (χ1v) is 11.4. The molecule has 0 fully saturated rings. The number of amides is 2. The molecule has 0 saturated carbocycles. The van der Waals surface area contributed by atoms with Gasteiger partial charge in [-0.15, -0.1) is 11.8 Å². The van der Waals surface area contributed by atoms with E-state index in [4.69, 9.17) is 0 Å². The van der Waals surface area contributed by atoms with Crippen molar-refractivity contribution in [2.75, 3.05) is 12.3 Å². The summed E-state index contributed by atoms with van der Waals surface area (Å²) in [4.78, 5) is 27.6. The van der Waals surface area contributed by atoms with E-state index in [-0.39, 0.29) is 11.8 Å². The molecule has 0 spiro atoms. The molecule has 29 heavy (non-hydrogen) atoms. The maximum absolute atomic E-state index is 13.1.